The lowest BCUT2D eigenvalue weighted by molar-refractivity contribution is -0.0221. The summed E-state index contributed by atoms with van der Waals surface area (Å²) in [5.41, 5.74) is 0.293. The van der Waals surface area contributed by atoms with Gasteiger partial charge in [0.25, 0.3) is 0 Å². The highest BCUT2D eigenvalue weighted by Gasteiger charge is 2.50. The average molecular weight is 308 g/mol. The van der Waals surface area contributed by atoms with Gasteiger partial charge in [-0.1, -0.05) is 13.8 Å². The minimum absolute atomic E-state index is 0.0152. The zero-order valence-corrected chi connectivity index (χ0v) is 14.8. The lowest BCUT2D eigenvalue weighted by atomic mass is 9.84. The molecule has 1 saturated carbocycles. The second-order valence-corrected chi connectivity index (χ2v) is 8.80. The molecule has 0 spiro atoms. The molecule has 1 N–H and O–H groups in total. The van der Waals surface area contributed by atoms with Crippen LogP contribution >= 0.6 is 11.3 Å². The second-order valence-electron chi connectivity index (χ2n) is 7.91. The fourth-order valence-corrected chi connectivity index (χ4v) is 4.60. The lowest BCUT2D eigenvalue weighted by Crippen LogP contribution is -2.68. The Morgan fingerprint density at radius 3 is 2.67 bits per heavy atom. The van der Waals surface area contributed by atoms with Crippen LogP contribution in [0.15, 0.2) is 11.6 Å². The quantitative estimate of drug-likeness (QED) is 0.923. The molecule has 3 nitrogen and oxygen atoms in total. The van der Waals surface area contributed by atoms with Gasteiger partial charge in [-0.3, -0.25) is 4.90 Å². The summed E-state index contributed by atoms with van der Waals surface area (Å²) in [7, 11) is 0. The second kappa shape index (κ2) is 5.32. The minimum Gasteiger partial charge on any atom is -0.308 e. The molecule has 21 heavy (non-hydrogen) atoms. The zero-order valence-electron chi connectivity index (χ0n) is 14.0. The Hall–Kier alpha value is -0.450. The number of hydrogen-bond donors (Lipinski definition) is 1. The molecular formula is C17H29N3S. The highest BCUT2D eigenvalue weighted by molar-refractivity contribution is 7.09. The summed E-state index contributed by atoms with van der Waals surface area (Å²) in [6.07, 6.45) is 4.72. The third kappa shape index (κ3) is 2.78. The molecule has 0 bridgehead atoms. The maximum Gasteiger partial charge on any atom is 0.112 e. The Morgan fingerprint density at radius 1 is 1.43 bits per heavy atom. The molecule has 1 saturated heterocycles. The van der Waals surface area contributed by atoms with E-state index in [4.69, 9.17) is 0 Å². The molecule has 1 aliphatic heterocycles. The summed E-state index contributed by atoms with van der Waals surface area (Å²) < 4.78 is 0. The molecule has 3 rings (SSSR count). The van der Waals surface area contributed by atoms with Crippen molar-refractivity contribution in [1.29, 1.82) is 0 Å². The molecule has 1 aliphatic carbocycles. The van der Waals surface area contributed by atoms with E-state index < -0.39 is 0 Å². The fourth-order valence-electron chi connectivity index (χ4n) is 3.83. The molecule has 0 radical (unpaired) electrons. The van der Waals surface area contributed by atoms with Crippen LogP contribution in [0, 0.1) is 11.8 Å². The maximum absolute atomic E-state index is 4.62. The van der Waals surface area contributed by atoms with Gasteiger partial charge in [-0.05, 0) is 45.4 Å². The van der Waals surface area contributed by atoms with E-state index in [0.29, 0.717) is 12.0 Å². The van der Waals surface area contributed by atoms with Crippen molar-refractivity contribution in [2.45, 2.75) is 64.6 Å². The van der Waals surface area contributed by atoms with Crippen molar-refractivity contribution >= 4 is 11.3 Å². The Labute approximate surface area is 133 Å². The first-order valence-corrected chi connectivity index (χ1v) is 9.14. The molecule has 118 valence electrons. The Balaban J connectivity index is 1.90. The van der Waals surface area contributed by atoms with Crippen LogP contribution in [0.5, 0.6) is 0 Å². The van der Waals surface area contributed by atoms with E-state index in [1.165, 1.54) is 17.8 Å². The molecule has 4 heteroatoms. The topological polar surface area (TPSA) is 28.2 Å². The van der Waals surface area contributed by atoms with E-state index in [1.54, 1.807) is 11.3 Å². The first-order valence-electron chi connectivity index (χ1n) is 8.26. The number of nitrogens with zero attached hydrogens (tertiary/aromatic N) is 2. The highest BCUT2D eigenvalue weighted by atomic mass is 32.1. The zero-order chi connectivity index (χ0) is 15.3. The third-order valence-electron chi connectivity index (χ3n) is 5.54. The van der Waals surface area contributed by atoms with Gasteiger partial charge < -0.3 is 5.32 Å². The van der Waals surface area contributed by atoms with Gasteiger partial charge in [0.2, 0.25) is 0 Å². The molecule has 0 aromatic carbocycles. The minimum atomic E-state index is 0.0152. The van der Waals surface area contributed by atoms with Crippen LogP contribution < -0.4 is 5.32 Å². The predicted octanol–water partition coefficient (Wildman–Crippen LogP) is 3.48. The van der Waals surface area contributed by atoms with Crippen molar-refractivity contribution in [2.24, 2.45) is 11.8 Å². The van der Waals surface area contributed by atoms with Crippen molar-refractivity contribution in [2.75, 3.05) is 13.1 Å². The van der Waals surface area contributed by atoms with E-state index in [2.05, 4.69) is 55.2 Å². The van der Waals surface area contributed by atoms with Crippen LogP contribution in [0.3, 0.4) is 0 Å². The number of thiazole rings is 1. The van der Waals surface area contributed by atoms with Gasteiger partial charge >= 0.3 is 0 Å². The van der Waals surface area contributed by atoms with Crippen molar-refractivity contribution in [3.8, 4) is 0 Å². The van der Waals surface area contributed by atoms with Gasteiger partial charge in [0, 0.05) is 36.2 Å². The van der Waals surface area contributed by atoms with Crippen LogP contribution in [0.1, 0.15) is 52.5 Å². The van der Waals surface area contributed by atoms with Gasteiger partial charge in [0.15, 0.2) is 0 Å². The van der Waals surface area contributed by atoms with Crippen molar-refractivity contribution < 1.29 is 0 Å². The van der Waals surface area contributed by atoms with E-state index in [0.717, 1.165) is 19.0 Å². The molecule has 2 aliphatic rings. The molecule has 2 unspecified atom stereocenters. The van der Waals surface area contributed by atoms with Crippen molar-refractivity contribution in [1.82, 2.24) is 15.2 Å². The summed E-state index contributed by atoms with van der Waals surface area (Å²) in [4.78, 5) is 7.35. The summed E-state index contributed by atoms with van der Waals surface area (Å²) >= 11 is 1.79. The first kappa shape index (κ1) is 15.4. The van der Waals surface area contributed by atoms with Crippen LogP contribution in [0.2, 0.25) is 0 Å². The molecular weight excluding hydrogens is 278 g/mol. The molecule has 1 aromatic heterocycles. The van der Waals surface area contributed by atoms with Crippen LogP contribution in [-0.4, -0.2) is 34.6 Å². The number of hydrogen-bond acceptors (Lipinski definition) is 4. The Kier molecular flexibility index (Phi) is 3.92. The van der Waals surface area contributed by atoms with Gasteiger partial charge in [-0.25, -0.2) is 4.98 Å². The SMILES string of the molecule is CC(C)C1CNC(C)(C2CC2)CN1C(C)(C)c1nccs1. The standard InChI is InChI=1S/C17H29N3S/c1-12(2)14-10-19-17(5,13-6-7-13)11-20(14)16(3,4)15-18-8-9-21-15/h8-9,12-14,19H,6-7,10-11H2,1-5H3. The largest absolute Gasteiger partial charge is 0.308 e. The molecule has 1 aromatic rings. The number of rotatable bonds is 4. The fraction of sp³-hybridized carbons (Fsp3) is 0.824. The predicted molar refractivity (Wildman–Crippen MR) is 89.6 cm³/mol. The summed E-state index contributed by atoms with van der Waals surface area (Å²) in [6.45, 7) is 14.0. The van der Waals surface area contributed by atoms with Gasteiger partial charge in [0.05, 0.1) is 5.54 Å². The van der Waals surface area contributed by atoms with E-state index in [9.17, 15) is 0 Å². The third-order valence-corrected chi connectivity index (χ3v) is 6.62. The normalized spacial score (nSPS) is 31.8. The summed E-state index contributed by atoms with van der Waals surface area (Å²) in [5.74, 6) is 1.51. The van der Waals surface area contributed by atoms with Crippen LogP contribution in [-0.2, 0) is 5.54 Å². The summed E-state index contributed by atoms with van der Waals surface area (Å²) in [5, 5.41) is 7.22. The number of nitrogens with one attached hydrogen (secondary N) is 1. The van der Waals surface area contributed by atoms with Crippen molar-refractivity contribution in [3.63, 3.8) is 0 Å². The van der Waals surface area contributed by atoms with Crippen LogP contribution in [0.25, 0.3) is 0 Å². The monoisotopic (exact) mass is 307 g/mol. The van der Waals surface area contributed by atoms with Crippen molar-refractivity contribution in [3.05, 3.63) is 16.6 Å². The molecule has 2 fully saturated rings. The van der Waals surface area contributed by atoms with E-state index in [-0.39, 0.29) is 11.1 Å². The lowest BCUT2D eigenvalue weighted by Gasteiger charge is -2.53. The Bertz CT molecular complexity index is 478. The number of aromatic nitrogens is 1. The average Bonchev–Trinajstić information content (AvgIpc) is 3.14. The molecule has 2 heterocycles. The highest BCUT2D eigenvalue weighted by Crippen LogP contribution is 2.44. The number of piperazine rings is 1. The molecule has 0 amide bonds. The van der Waals surface area contributed by atoms with Gasteiger partial charge in [0.1, 0.15) is 5.01 Å². The van der Waals surface area contributed by atoms with Gasteiger partial charge in [-0.2, -0.15) is 0 Å². The summed E-state index contributed by atoms with van der Waals surface area (Å²) in [6, 6.07) is 0.579. The van der Waals surface area contributed by atoms with Crippen LogP contribution in [0.4, 0.5) is 0 Å². The Morgan fingerprint density at radius 2 is 2.14 bits per heavy atom. The van der Waals surface area contributed by atoms with E-state index >= 15 is 0 Å². The smallest absolute Gasteiger partial charge is 0.112 e. The first-order chi connectivity index (χ1) is 9.84. The van der Waals surface area contributed by atoms with E-state index in [1.807, 2.05) is 6.20 Å². The van der Waals surface area contributed by atoms with Gasteiger partial charge in [-0.15, -0.1) is 11.3 Å². The maximum atomic E-state index is 4.62. The molecule has 2 atom stereocenters.